The molecule has 7 heteroatoms. The SMILES string of the molecule is COC(=O)c1ccc(NC(=O)Nc2ccc(C(=O)N3CCCC3)cc2)cc1. The van der Waals surface area contributed by atoms with Gasteiger partial charge in [-0.3, -0.25) is 4.79 Å². The van der Waals surface area contributed by atoms with Crippen LogP contribution in [-0.4, -0.2) is 43.0 Å². The molecule has 7 nitrogen and oxygen atoms in total. The van der Waals surface area contributed by atoms with Crippen molar-refractivity contribution in [2.24, 2.45) is 0 Å². The molecule has 2 N–H and O–H groups in total. The van der Waals surface area contributed by atoms with E-state index < -0.39 is 12.0 Å². The third kappa shape index (κ3) is 4.63. The van der Waals surface area contributed by atoms with Crippen molar-refractivity contribution in [2.75, 3.05) is 30.8 Å². The Morgan fingerprint density at radius 2 is 1.30 bits per heavy atom. The van der Waals surface area contributed by atoms with E-state index in [0.29, 0.717) is 22.5 Å². The summed E-state index contributed by atoms with van der Waals surface area (Å²) in [7, 11) is 1.31. The number of hydrogen-bond donors (Lipinski definition) is 2. The van der Waals surface area contributed by atoms with Crippen LogP contribution in [0.1, 0.15) is 33.6 Å². The summed E-state index contributed by atoms with van der Waals surface area (Å²) in [5, 5.41) is 5.39. The number of nitrogens with zero attached hydrogens (tertiary/aromatic N) is 1. The van der Waals surface area contributed by atoms with Gasteiger partial charge >= 0.3 is 12.0 Å². The Kier molecular flexibility index (Phi) is 5.71. The third-order valence-electron chi connectivity index (χ3n) is 4.35. The first kappa shape index (κ1) is 18.4. The van der Waals surface area contributed by atoms with Gasteiger partial charge in [0.15, 0.2) is 0 Å². The molecular weight excluding hydrogens is 346 g/mol. The largest absolute Gasteiger partial charge is 0.465 e. The Morgan fingerprint density at radius 1 is 0.815 bits per heavy atom. The smallest absolute Gasteiger partial charge is 0.337 e. The molecular formula is C20H21N3O4. The standard InChI is InChI=1S/C20H21N3O4/c1-27-19(25)15-6-10-17(11-7-15)22-20(26)21-16-8-4-14(5-9-16)18(24)23-12-2-3-13-23/h4-11H,2-3,12-13H2,1H3,(H2,21,22,26). The van der Waals surface area contributed by atoms with Gasteiger partial charge in [0.05, 0.1) is 12.7 Å². The van der Waals surface area contributed by atoms with Gasteiger partial charge in [-0.1, -0.05) is 0 Å². The molecule has 0 spiro atoms. The van der Waals surface area contributed by atoms with Crippen LogP contribution in [-0.2, 0) is 4.74 Å². The number of likely N-dealkylation sites (tertiary alicyclic amines) is 1. The molecule has 0 radical (unpaired) electrons. The van der Waals surface area contributed by atoms with Crippen molar-refractivity contribution >= 4 is 29.3 Å². The number of urea groups is 1. The van der Waals surface area contributed by atoms with Crippen LogP contribution in [0.5, 0.6) is 0 Å². The molecule has 0 saturated carbocycles. The first-order valence-corrected chi connectivity index (χ1v) is 8.72. The van der Waals surface area contributed by atoms with Crippen LogP contribution >= 0.6 is 0 Å². The molecule has 0 aliphatic carbocycles. The number of ether oxygens (including phenoxy) is 1. The van der Waals surface area contributed by atoms with Crippen molar-refractivity contribution in [3.05, 3.63) is 59.7 Å². The van der Waals surface area contributed by atoms with Gasteiger partial charge in [0.2, 0.25) is 0 Å². The molecule has 1 saturated heterocycles. The molecule has 27 heavy (non-hydrogen) atoms. The van der Waals surface area contributed by atoms with E-state index in [2.05, 4.69) is 15.4 Å². The molecule has 0 atom stereocenters. The molecule has 2 aromatic rings. The van der Waals surface area contributed by atoms with Crippen LogP contribution in [0.2, 0.25) is 0 Å². The summed E-state index contributed by atoms with van der Waals surface area (Å²) in [4.78, 5) is 37.6. The molecule has 0 unspecified atom stereocenters. The molecule has 3 amide bonds. The summed E-state index contributed by atoms with van der Waals surface area (Å²) >= 11 is 0. The lowest BCUT2D eigenvalue weighted by Gasteiger charge is -2.15. The van der Waals surface area contributed by atoms with E-state index in [0.717, 1.165) is 25.9 Å². The summed E-state index contributed by atoms with van der Waals surface area (Å²) in [6.07, 6.45) is 2.10. The van der Waals surface area contributed by atoms with Crippen LogP contribution in [0.15, 0.2) is 48.5 Å². The fourth-order valence-corrected chi connectivity index (χ4v) is 2.90. The quantitative estimate of drug-likeness (QED) is 0.811. The van der Waals surface area contributed by atoms with Gasteiger partial charge in [0.1, 0.15) is 0 Å². The molecule has 140 valence electrons. The van der Waals surface area contributed by atoms with Crippen molar-refractivity contribution < 1.29 is 19.1 Å². The number of anilines is 2. The number of methoxy groups -OCH3 is 1. The van der Waals surface area contributed by atoms with Gasteiger partial charge in [0, 0.05) is 30.0 Å². The zero-order valence-corrected chi connectivity index (χ0v) is 15.0. The Labute approximate surface area is 157 Å². The lowest BCUT2D eigenvalue weighted by atomic mass is 10.2. The molecule has 1 aliphatic heterocycles. The van der Waals surface area contributed by atoms with E-state index in [1.54, 1.807) is 48.5 Å². The fourth-order valence-electron chi connectivity index (χ4n) is 2.90. The molecule has 1 aliphatic rings. The Hall–Kier alpha value is -3.35. The summed E-state index contributed by atoms with van der Waals surface area (Å²) in [6.45, 7) is 1.60. The Bertz CT molecular complexity index is 825. The third-order valence-corrected chi connectivity index (χ3v) is 4.35. The lowest BCUT2D eigenvalue weighted by Crippen LogP contribution is -2.27. The number of hydrogen-bond acceptors (Lipinski definition) is 4. The van der Waals surface area contributed by atoms with Crippen LogP contribution in [0.3, 0.4) is 0 Å². The molecule has 0 aromatic heterocycles. The topological polar surface area (TPSA) is 87.7 Å². The Morgan fingerprint density at radius 3 is 1.78 bits per heavy atom. The second-order valence-corrected chi connectivity index (χ2v) is 6.22. The fraction of sp³-hybridized carbons (Fsp3) is 0.250. The highest BCUT2D eigenvalue weighted by Crippen LogP contribution is 2.16. The highest BCUT2D eigenvalue weighted by molar-refractivity contribution is 6.01. The normalized spacial score (nSPS) is 13.1. The number of benzene rings is 2. The first-order chi connectivity index (χ1) is 13.1. The summed E-state index contributed by atoms with van der Waals surface area (Å²) in [5.74, 6) is -0.413. The van der Waals surface area contributed by atoms with Crippen molar-refractivity contribution in [1.82, 2.24) is 4.90 Å². The summed E-state index contributed by atoms with van der Waals surface area (Å²) < 4.78 is 4.63. The zero-order valence-electron chi connectivity index (χ0n) is 15.0. The van der Waals surface area contributed by atoms with Gasteiger partial charge in [-0.15, -0.1) is 0 Å². The van der Waals surface area contributed by atoms with Gasteiger partial charge in [0.25, 0.3) is 5.91 Å². The number of nitrogens with one attached hydrogen (secondary N) is 2. The van der Waals surface area contributed by atoms with E-state index in [4.69, 9.17) is 0 Å². The number of carbonyl (C=O) groups excluding carboxylic acids is 3. The maximum Gasteiger partial charge on any atom is 0.337 e. The highest BCUT2D eigenvalue weighted by atomic mass is 16.5. The molecule has 3 rings (SSSR count). The van der Waals surface area contributed by atoms with Gasteiger partial charge < -0.3 is 20.3 Å². The second kappa shape index (κ2) is 8.35. The van der Waals surface area contributed by atoms with Crippen LogP contribution in [0.25, 0.3) is 0 Å². The van der Waals surface area contributed by atoms with Gasteiger partial charge in [-0.05, 0) is 61.4 Å². The van der Waals surface area contributed by atoms with E-state index in [-0.39, 0.29) is 5.91 Å². The maximum absolute atomic E-state index is 12.3. The van der Waals surface area contributed by atoms with Crippen molar-refractivity contribution in [1.29, 1.82) is 0 Å². The van der Waals surface area contributed by atoms with Crippen molar-refractivity contribution in [2.45, 2.75) is 12.8 Å². The second-order valence-electron chi connectivity index (χ2n) is 6.22. The van der Waals surface area contributed by atoms with Crippen molar-refractivity contribution in [3.63, 3.8) is 0 Å². The summed E-state index contributed by atoms with van der Waals surface area (Å²) in [6, 6.07) is 12.8. The Balaban J connectivity index is 1.56. The van der Waals surface area contributed by atoms with E-state index in [9.17, 15) is 14.4 Å². The zero-order chi connectivity index (χ0) is 19.2. The molecule has 1 heterocycles. The van der Waals surface area contributed by atoms with E-state index in [1.807, 2.05) is 4.90 Å². The lowest BCUT2D eigenvalue weighted by molar-refractivity contribution is 0.0600. The molecule has 1 fully saturated rings. The first-order valence-electron chi connectivity index (χ1n) is 8.72. The van der Waals surface area contributed by atoms with Crippen LogP contribution < -0.4 is 10.6 Å². The minimum absolute atomic E-state index is 0.0224. The van der Waals surface area contributed by atoms with Crippen LogP contribution in [0.4, 0.5) is 16.2 Å². The molecule has 2 aromatic carbocycles. The van der Waals surface area contributed by atoms with Crippen LogP contribution in [0, 0.1) is 0 Å². The van der Waals surface area contributed by atoms with Gasteiger partial charge in [-0.2, -0.15) is 0 Å². The van der Waals surface area contributed by atoms with E-state index >= 15 is 0 Å². The minimum atomic E-state index is -0.436. The predicted octanol–water partition coefficient (Wildman–Crippen LogP) is 3.35. The number of esters is 1. The minimum Gasteiger partial charge on any atom is -0.465 e. The maximum atomic E-state index is 12.3. The van der Waals surface area contributed by atoms with E-state index in [1.165, 1.54) is 7.11 Å². The average molecular weight is 367 g/mol. The monoisotopic (exact) mass is 367 g/mol. The summed E-state index contributed by atoms with van der Waals surface area (Å²) in [5.41, 5.74) is 2.14. The predicted molar refractivity (Wildman–Crippen MR) is 102 cm³/mol. The number of amides is 3. The average Bonchev–Trinajstić information content (AvgIpc) is 3.23. The molecule has 0 bridgehead atoms. The van der Waals surface area contributed by atoms with Crippen molar-refractivity contribution in [3.8, 4) is 0 Å². The van der Waals surface area contributed by atoms with Gasteiger partial charge in [-0.25, -0.2) is 9.59 Å². The number of rotatable bonds is 4. The highest BCUT2D eigenvalue weighted by Gasteiger charge is 2.19. The number of carbonyl (C=O) groups is 3.